The minimum Gasteiger partial charge on any atom is -0.497 e. The largest absolute Gasteiger partial charge is 0.497 e. The third kappa shape index (κ3) is 6.49. The summed E-state index contributed by atoms with van der Waals surface area (Å²) in [5, 5.41) is 8.48. The van der Waals surface area contributed by atoms with E-state index in [-0.39, 0.29) is 12.2 Å². The normalized spacial score (nSPS) is 15.0. The molecule has 0 aliphatic carbocycles. The molecule has 1 atom stereocenters. The van der Waals surface area contributed by atoms with Crippen LogP contribution < -0.4 is 14.8 Å². The highest BCUT2D eigenvalue weighted by atomic mass is 19.4. The van der Waals surface area contributed by atoms with Gasteiger partial charge in [-0.25, -0.2) is 9.80 Å². The molecule has 1 heterocycles. The summed E-state index contributed by atoms with van der Waals surface area (Å²) in [5.74, 6) is 0.891. The number of ether oxygens (including phenoxy) is 2. The van der Waals surface area contributed by atoms with E-state index >= 15 is 0 Å². The lowest BCUT2D eigenvalue weighted by molar-refractivity contribution is -0.137. The van der Waals surface area contributed by atoms with E-state index < -0.39 is 29.7 Å². The van der Waals surface area contributed by atoms with Crippen LogP contribution in [0.25, 0.3) is 0 Å². The van der Waals surface area contributed by atoms with Crippen molar-refractivity contribution in [1.82, 2.24) is 9.91 Å². The Labute approximate surface area is 223 Å². The zero-order valence-corrected chi connectivity index (χ0v) is 21.5. The fraction of sp³-hybridized carbons (Fsp3) is 0.250. The first kappa shape index (κ1) is 27.5. The zero-order valence-electron chi connectivity index (χ0n) is 21.5. The van der Waals surface area contributed by atoms with Crippen molar-refractivity contribution in [2.45, 2.75) is 18.6 Å². The van der Waals surface area contributed by atoms with Gasteiger partial charge >= 0.3 is 12.2 Å². The van der Waals surface area contributed by atoms with Crippen molar-refractivity contribution in [1.29, 1.82) is 0 Å². The summed E-state index contributed by atoms with van der Waals surface area (Å²) in [4.78, 5) is 27.2. The number of hydrogen-bond acceptors (Lipinski definition) is 5. The quantitative estimate of drug-likeness (QED) is 0.425. The maximum absolute atomic E-state index is 13.4. The molecule has 11 heteroatoms. The number of carbonyl (C=O) groups excluding carboxylic acids is 2. The number of urea groups is 1. The molecule has 0 fully saturated rings. The average Bonchev–Trinajstić information content (AvgIpc) is 3.39. The van der Waals surface area contributed by atoms with Gasteiger partial charge in [0.1, 0.15) is 18.0 Å². The van der Waals surface area contributed by atoms with Crippen LogP contribution in [0.5, 0.6) is 11.5 Å². The third-order valence-corrected chi connectivity index (χ3v) is 6.25. The first-order valence-electron chi connectivity index (χ1n) is 12.0. The SMILES string of the molecule is COc1ccc([C@@H]2CC(c3cccc(OC)c3)=NN2C(=O)CN(C)C(=O)Nc2ccc(C(F)(F)F)cc2)cc1. The standard InChI is InChI=1S/C28H27F3N4O4/c1-34(27(37)32-21-11-9-20(10-12-21)28(29,30)31)17-26(36)35-25(18-7-13-22(38-2)14-8-18)16-24(33-35)19-5-4-6-23(15-19)39-3/h4-15,25H,16-17H2,1-3H3,(H,32,37)/t25-/m0/s1. The molecule has 204 valence electrons. The summed E-state index contributed by atoms with van der Waals surface area (Å²) in [5.41, 5.74) is 1.66. The van der Waals surface area contributed by atoms with Gasteiger partial charge in [0.05, 0.1) is 31.5 Å². The lowest BCUT2D eigenvalue weighted by Crippen LogP contribution is -2.41. The monoisotopic (exact) mass is 540 g/mol. The third-order valence-electron chi connectivity index (χ3n) is 6.25. The molecule has 1 aliphatic rings. The van der Waals surface area contributed by atoms with E-state index in [1.165, 1.54) is 12.1 Å². The van der Waals surface area contributed by atoms with Crippen LogP contribution in [-0.2, 0) is 11.0 Å². The van der Waals surface area contributed by atoms with Gasteiger partial charge in [-0.1, -0.05) is 24.3 Å². The van der Waals surface area contributed by atoms with Gasteiger partial charge in [-0.2, -0.15) is 18.3 Å². The van der Waals surface area contributed by atoms with Crippen LogP contribution >= 0.6 is 0 Å². The number of rotatable bonds is 7. The number of nitrogens with zero attached hydrogens (tertiary/aromatic N) is 3. The molecule has 0 saturated carbocycles. The Kier molecular flexibility index (Phi) is 8.08. The van der Waals surface area contributed by atoms with Crippen molar-refractivity contribution in [2.24, 2.45) is 5.10 Å². The van der Waals surface area contributed by atoms with Crippen LogP contribution in [0.1, 0.15) is 29.2 Å². The molecule has 39 heavy (non-hydrogen) atoms. The summed E-state index contributed by atoms with van der Waals surface area (Å²) >= 11 is 0. The number of hydrazone groups is 1. The topological polar surface area (TPSA) is 83.5 Å². The lowest BCUT2D eigenvalue weighted by atomic mass is 9.98. The number of amides is 3. The maximum Gasteiger partial charge on any atom is 0.416 e. The molecule has 8 nitrogen and oxygen atoms in total. The van der Waals surface area contributed by atoms with Crippen molar-refractivity contribution >= 4 is 23.3 Å². The van der Waals surface area contributed by atoms with Gasteiger partial charge in [-0.15, -0.1) is 0 Å². The summed E-state index contributed by atoms with van der Waals surface area (Å²) in [6, 6.07) is 17.7. The average molecular weight is 541 g/mol. The molecule has 4 rings (SSSR count). The fourth-order valence-electron chi connectivity index (χ4n) is 4.11. The van der Waals surface area contributed by atoms with Crippen molar-refractivity contribution in [3.63, 3.8) is 0 Å². The highest BCUT2D eigenvalue weighted by Gasteiger charge is 2.34. The minimum absolute atomic E-state index is 0.169. The predicted molar refractivity (Wildman–Crippen MR) is 140 cm³/mol. The van der Waals surface area contributed by atoms with Gasteiger partial charge in [-0.3, -0.25) is 4.79 Å². The van der Waals surface area contributed by atoms with E-state index in [2.05, 4.69) is 10.4 Å². The number of halogens is 3. The number of anilines is 1. The summed E-state index contributed by atoms with van der Waals surface area (Å²) in [6.45, 7) is -0.311. The van der Waals surface area contributed by atoms with E-state index in [1.54, 1.807) is 26.4 Å². The summed E-state index contributed by atoms with van der Waals surface area (Å²) < 4.78 is 49.0. The molecule has 1 N–H and O–H groups in total. The molecule has 0 saturated heterocycles. The van der Waals surface area contributed by atoms with Gasteiger partial charge in [0.15, 0.2) is 0 Å². The second-order valence-corrected chi connectivity index (χ2v) is 8.87. The van der Waals surface area contributed by atoms with Crippen LogP contribution in [0.3, 0.4) is 0 Å². The molecule has 0 bridgehead atoms. The Hall–Kier alpha value is -4.54. The van der Waals surface area contributed by atoms with Crippen molar-refractivity contribution in [3.8, 4) is 11.5 Å². The number of hydrogen-bond donors (Lipinski definition) is 1. The van der Waals surface area contributed by atoms with E-state index in [9.17, 15) is 22.8 Å². The molecule has 1 aliphatic heterocycles. The molecule has 0 aromatic heterocycles. The van der Waals surface area contributed by atoms with E-state index in [0.717, 1.165) is 40.3 Å². The molecule has 3 aromatic carbocycles. The summed E-state index contributed by atoms with van der Waals surface area (Å²) in [7, 11) is 4.55. The van der Waals surface area contributed by atoms with Gasteiger partial charge in [0.25, 0.3) is 5.91 Å². The van der Waals surface area contributed by atoms with Crippen molar-refractivity contribution in [2.75, 3.05) is 33.1 Å². The van der Waals surface area contributed by atoms with Crippen LogP contribution in [0.2, 0.25) is 0 Å². The molecular formula is C28H27F3N4O4. The number of nitrogens with one attached hydrogen (secondary N) is 1. The Bertz CT molecular complexity index is 1360. The molecule has 0 spiro atoms. The van der Waals surface area contributed by atoms with Crippen LogP contribution in [0, 0.1) is 0 Å². The molecule has 3 aromatic rings. The lowest BCUT2D eigenvalue weighted by Gasteiger charge is -2.25. The van der Waals surface area contributed by atoms with Gasteiger partial charge < -0.3 is 19.7 Å². The first-order chi connectivity index (χ1) is 18.6. The molecule has 3 amide bonds. The van der Waals surface area contributed by atoms with Crippen molar-refractivity contribution < 1.29 is 32.2 Å². The number of likely N-dealkylation sites (N-methyl/N-ethyl adjacent to an activating group) is 1. The molecular weight excluding hydrogens is 513 g/mol. The predicted octanol–water partition coefficient (Wildman–Crippen LogP) is 5.56. The highest BCUT2D eigenvalue weighted by Crippen LogP contribution is 2.34. The number of carbonyl (C=O) groups is 2. The van der Waals surface area contributed by atoms with E-state index in [4.69, 9.17) is 9.47 Å². The van der Waals surface area contributed by atoms with E-state index in [1.807, 2.05) is 36.4 Å². The smallest absolute Gasteiger partial charge is 0.416 e. The van der Waals surface area contributed by atoms with Crippen LogP contribution in [-0.4, -0.2) is 55.4 Å². The first-order valence-corrected chi connectivity index (χ1v) is 12.0. The number of alkyl halides is 3. The minimum atomic E-state index is -4.48. The zero-order chi connectivity index (χ0) is 28.2. The summed E-state index contributed by atoms with van der Waals surface area (Å²) in [6.07, 6.45) is -4.04. The fourth-order valence-corrected chi connectivity index (χ4v) is 4.11. The second kappa shape index (κ2) is 11.5. The van der Waals surface area contributed by atoms with Crippen LogP contribution in [0.15, 0.2) is 77.9 Å². The second-order valence-electron chi connectivity index (χ2n) is 8.87. The van der Waals surface area contributed by atoms with E-state index in [0.29, 0.717) is 23.6 Å². The van der Waals surface area contributed by atoms with Crippen molar-refractivity contribution in [3.05, 3.63) is 89.5 Å². The van der Waals surface area contributed by atoms with Gasteiger partial charge in [-0.05, 0) is 54.1 Å². The highest BCUT2D eigenvalue weighted by molar-refractivity contribution is 6.03. The Morgan fingerprint density at radius 1 is 1.00 bits per heavy atom. The molecule has 0 radical (unpaired) electrons. The Morgan fingerprint density at radius 2 is 1.67 bits per heavy atom. The van der Waals surface area contributed by atoms with Crippen LogP contribution in [0.4, 0.5) is 23.7 Å². The molecule has 0 unspecified atom stereocenters. The Morgan fingerprint density at radius 3 is 2.28 bits per heavy atom. The number of methoxy groups -OCH3 is 2. The van der Waals surface area contributed by atoms with Gasteiger partial charge in [0, 0.05) is 24.7 Å². The number of benzene rings is 3. The van der Waals surface area contributed by atoms with Gasteiger partial charge in [0.2, 0.25) is 0 Å². The Balaban J connectivity index is 1.51. The maximum atomic E-state index is 13.4.